The van der Waals surface area contributed by atoms with Gasteiger partial charge >= 0.3 is 0 Å². The molecule has 0 bridgehead atoms. The van der Waals surface area contributed by atoms with Gasteiger partial charge in [-0.1, -0.05) is 18.2 Å². The minimum Gasteiger partial charge on any atom is -0.371 e. The molecule has 2 aromatic rings. The van der Waals surface area contributed by atoms with Crippen LogP contribution in [0.15, 0.2) is 30.3 Å². The van der Waals surface area contributed by atoms with Crippen LogP contribution in [0.1, 0.15) is 18.3 Å². The van der Waals surface area contributed by atoms with Gasteiger partial charge in [-0.15, -0.1) is 0 Å². The summed E-state index contributed by atoms with van der Waals surface area (Å²) in [7, 11) is 0. The molecule has 1 aromatic carbocycles. The van der Waals surface area contributed by atoms with E-state index >= 15 is 0 Å². The molecule has 2 rings (SSSR count). The maximum atomic E-state index is 11.1. The van der Waals surface area contributed by atoms with Crippen molar-refractivity contribution in [3.05, 3.63) is 41.7 Å². The normalized spacial score (nSPS) is 12.2. The van der Waals surface area contributed by atoms with Crippen molar-refractivity contribution < 1.29 is 4.79 Å². The summed E-state index contributed by atoms with van der Waals surface area (Å²) >= 11 is 0. The summed E-state index contributed by atoms with van der Waals surface area (Å²) in [6, 6.07) is 9.44. The van der Waals surface area contributed by atoms with Crippen molar-refractivity contribution in [2.45, 2.75) is 26.8 Å². The van der Waals surface area contributed by atoms with Gasteiger partial charge in [0.25, 0.3) is 0 Å². The zero-order valence-corrected chi connectivity index (χ0v) is 11.3. The summed E-state index contributed by atoms with van der Waals surface area (Å²) in [6.45, 7) is 5.60. The minimum atomic E-state index is -0.425. The van der Waals surface area contributed by atoms with Crippen molar-refractivity contribution in [1.82, 2.24) is 9.78 Å². The number of rotatable bonds is 4. The maximum Gasteiger partial charge on any atom is 0.239 e. The summed E-state index contributed by atoms with van der Waals surface area (Å²) in [5.41, 5.74) is 8.92. The van der Waals surface area contributed by atoms with Crippen molar-refractivity contribution in [1.29, 1.82) is 0 Å². The van der Waals surface area contributed by atoms with Crippen molar-refractivity contribution in [3.8, 4) is 5.69 Å². The Labute approximate surface area is 112 Å². The highest BCUT2D eigenvalue weighted by molar-refractivity contribution is 5.82. The number of nitrogens with two attached hydrogens (primary N) is 1. The lowest BCUT2D eigenvalue weighted by Crippen LogP contribution is -2.32. The van der Waals surface area contributed by atoms with Crippen LogP contribution in [0.4, 0.5) is 5.69 Å². The first-order valence-electron chi connectivity index (χ1n) is 6.18. The zero-order chi connectivity index (χ0) is 14.0. The average molecular weight is 258 g/mol. The second kappa shape index (κ2) is 5.14. The van der Waals surface area contributed by atoms with Gasteiger partial charge in [0.2, 0.25) is 5.91 Å². The number of carbonyl (C=O) groups is 1. The third kappa shape index (κ3) is 2.59. The third-order valence-electron chi connectivity index (χ3n) is 3.08. The van der Waals surface area contributed by atoms with Crippen molar-refractivity contribution in [3.63, 3.8) is 0 Å². The van der Waals surface area contributed by atoms with Gasteiger partial charge in [-0.25, -0.2) is 4.68 Å². The second-order valence-electron chi connectivity index (χ2n) is 4.56. The molecule has 1 atom stereocenters. The van der Waals surface area contributed by atoms with Crippen LogP contribution in [0.25, 0.3) is 5.69 Å². The smallest absolute Gasteiger partial charge is 0.239 e. The fourth-order valence-electron chi connectivity index (χ4n) is 1.96. The van der Waals surface area contributed by atoms with Crippen LogP contribution in [-0.2, 0) is 4.79 Å². The number of nitrogens with zero attached hydrogens (tertiary/aromatic N) is 2. The van der Waals surface area contributed by atoms with E-state index in [4.69, 9.17) is 5.73 Å². The molecule has 1 amide bonds. The molecule has 0 radical (unpaired) electrons. The highest BCUT2D eigenvalue weighted by atomic mass is 16.1. The Hall–Kier alpha value is -2.30. The van der Waals surface area contributed by atoms with Gasteiger partial charge < -0.3 is 11.1 Å². The average Bonchev–Trinajstić information content (AvgIpc) is 2.67. The molecule has 100 valence electrons. The van der Waals surface area contributed by atoms with Gasteiger partial charge in [-0.3, -0.25) is 4.79 Å². The van der Waals surface area contributed by atoms with Crippen molar-refractivity contribution in [2.75, 3.05) is 5.32 Å². The van der Waals surface area contributed by atoms with E-state index in [0.717, 1.165) is 22.8 Å². The first-order chi connectivity index (χ1) is 9.00. The lowest BCUT2D eigenvalue weighted by molar-refractivity contribution is -0.118. The molecule has 5 heteroatoms. The molecule has 0 saturated carbocycles. The molecule has 0 unspecified atom stereocenters. The van der Waals surface area contributed by atoms with E-state index in [9.17, 15) is 4.79 Å². The molecule has 19 heavy (non-hydrogen) atoms. The van der Waals surface area contributed by atoms with Crippen molar-refractivity contribution >= 4 is 11.6 Å². The molecule has 0 aliphatic rings. The number of carbonyl (C=O) groups excluding carboxylic acids is 1. The Bertz CT molecular complexity index is 589. The fraction of sp³-hybridized carbons (Fsp3) is 0.286. The van der Waals surface area contributed by atoms with Crippen LogP contribution in [0.3, 0.4) is 0 Å². The fourth-order valence-corrected chi connectivity index (χ4v) is 1.96. The Morgan fingerprint density at radius 1 is 1.32 bits per heavy atom. The number of aryl methyl sites for hydroxylation is 1. The molecule has 5 nitrogen and oxygen atoms in total. The Morgan fingerprint density at radius 3 is 2.53 bits per heavy atom. The third-order valence-corrected chi connectivity index (χ3v) is 3.08. The van der Waals surface area contributed by atoms with E-state index in [-0.39, 0.29) is 5.91 Å². The molecule has 1 aromatic heterocycles. The van der Waals surface area contributed by atoms with Gasteiger partial charge in [-0.05, 0) is 32.9 Å². The molecule has 0 aliphatic heterocycles. The van der Waals surface area contributed by atoms with E-state index in [2.05, 4.69) is 10.4 Å². The quantitative estimate of drug-likeness (QED) is 0.878. The molecule has 0 saturated heterocycles. The molecule has 0 aliphatic carbocycles. The van der Waals surface area contributed by atoms with Gasteiger partial charge in [-0.2, -0.15) is 5.10 Å². The first-order valence-corrected chi connectivity index (χ1v) is 6.18. The van der Waals surface area contributed by atoms with Gasteiger partial charge in [0.05, 0.1) is 22.8 Å². The molecule has 3 N–H and O–H groups in total. The van der Waals surface area contributed by atoms with Crippen molar-refractivity contribution in [2.24, 2.45) is 5.73 Å². The van der Waals surface area contributed by atoms with Crippen LogP contribution < -0.4 is 11.1 Å². The van der Waals surface area contributed by atoms with E-state index in [1.807, 2.05) is 48.9 Å². The number of hydrogen-bond donors (Lipinski definition) is 2. The lowest BCUT2D eigenvalue weighted by Gasteiger charge is -2.12. The summed E-state index contributed by atoms with van der Waals surface area (Å²) in [5.74, 6) is -0.383. The van der Waals surface area contributed by atoms with Crippen LogP contribution in [-0.4, -0.2) is 21.7 Å². The van der Waals surface area contributed by atoms with Crippen LogP contribution in [0, 0.1) is 13.8 Å². The number of primary amides is 1. The number of nitrogens with one attached hydrogen (secondary N) is 1. The molecular weight excluding hydrogens is 240 g/mol. The molecule has 1 heterocycles. The number of amides is 1. The number of hydrogen-bond acceptors (Lipinski definition) is 3. The Morgan fingerprint density at radius 2 is 1.95 bits per heavy atom. The van der Waals surface area contributed by atoms with E-state index in [1.54, 1.807) is 6.92 Å². The van der Waals surface area contributed by atoms with E-state index in [1.165, 1.54) is 0 Å². The monoisotopic (exact) mass is 258 g/mol. The number of benzene rings is 1. The number of aromatic nitrogens is 2. The molecular formula is C14H18N4O. The first kappa shape index (κ1) is 13.1. The standard InChI is InChI=1S/C14H18N4O/c1-9-13(16-10(2)14(15)19)11(3)18(17-9)12-7-5-4-6-8-12/h4-8,10,16H,1-3H3,(H2,15,19)/t10-/m0/s1. The SMILES string of the molecule is Cc1nn(-c2ccccc2)c(C)c1N[C@@H](C)C(N)=O. The zero-order valence-electron chi connectivity index (χ0n) is 11.3. The van der Waals surface area contributed by atoms with Gasteiger partial charge in [0.15, 0.2) is 0 Å². The predicted molar refractivity (Wildman–Crippen MR) is 75.3 cm³/mol. The predicted octanol–water partition coefficient (Wildman–Crippen LogP) is 1.77. The van der Waals surface area contributed by atoms with Crippen LogP contribution >= 0.6 is 0 Å². The lowest BCUT2D eigenvalue weighted by atomic mass is 10.2. The second-order valence-corrected chi connectivity index (χ2v) is 4.56. The molecule has 0 fully saturated rings. The Kier molecular flexibility index (Phi) is 3.55. The minimum absolute atomic E-state index is 0.383. The number of para-hydroxylation sites is 1. The van der Waals surface area contributed by atoms with Crippen LogP contribution in [0.2, 0.25) is 0 Å². The van der Waals surface area contributed by atoms with Gasteiger partial charge in [0, 0.05) is 0 Å². The Balaban J connectivity index is 2.38. The molecule has 0 spiro atoms. The van der Waals surface area contributed by atoms with Crippen LogP contribution in [0.5, 0.6) is 0 Å². The highest BCUT2D eigenvalue weighted by Crippen LogP contribution is 2.23. The van der Waals surface area contributed by atoms with E-state index < -0.39 is 6.04 Å². The summed E-state index contributed by atoms with van der Waals surface area (Å²) in [4.78, 5) is 11.1. The summed E-state index contributed by atoms with van der Waals surface area (Å²) in [5, 5.41) is 7.61. The maximum absolute atomic E-state index is 11.1. The number of anilines is 1. The van der Waals surface area contributed by atoms with E-state index in [0.29, 0.717) is 0 Å². The summed E-state index contributed by atoms with van der Waals surface area (Å²) < 4.78 is 1.85. The highest BCUT2D eigenvalue weighted by Gasteiger charge is 2.16. The summed E-state index contributed by atoms with van der Waals surface area (Å²) in [6.07, 6.45) is 0. The van der Waals surface area contributed by atoms with Gasteiger partial charge in [0.1, 0.15) is 6.04 Å². The topological polar surface area (TPSA) is 72.9 Å². The largest absolute Gasteiger partial charge is 0.371 e.